The highest BCUT2D eigenvalue weighted by Crippen LogP contribution is 2.28. The third-order valence-electron chi connectivity index (χ3n) is 1.88. The minimum absolute atomic E-state index is 0.0272. The first-order valence-electron chi connectivity index (χ1n) is 4.94. The molecule has 0 bridgehead atoms. The first kappa shape index (κ1) is 14.5. The van der Waals surface area contributed by atoms with Crippen molar-refractivity contribution in [3.63, 3.8) is 0 Å². The fraction of sp³-hybridized carbons (Fsp3) is 0.500. The van der Waals surface area contributed by atoms with Crippen molar-refractivity contribution in [3.8, 4) is 0 Å². The Morgan fingerprint density at radius 3 is 2.53 bits per heavy atom. The summed E-state index contributed by atoms with van der Waals surface area (Å²) in [6.45, 7) is 5.74. The SMILES string of the molecule is Cc1sc(C(=O)OCC(C)C)cc1S(=O)(=O)Cl. The van der Waals surface area contributed by atoms with E-state index in [1.807, 2.05) is 13.8 Å². The van der Waals surface area contributed by atoms with Crippen molar-refractivity contribution >= 4 is 37.0 Å². The van der Waals surface area contributed by atoms with Crippen molar-refractivity contribution in [3.05, 3.63) is 15.8 Å². The van der Waals surface area contributed by atoms with E-state index >= 15 is 0 Å². The van der Waals surface area contributed by atoms with E-state index in [-0.39, 0.29) is 15.7 Å². The molecule has 7 heteroatoms. The highest BCUT2D eigenvalue weighted by molar-refractivity contribution is 8.13. The van der Waals surface area contributed by atoms with Gasteiger partial charge in [-0.05, 0) is 18.9 Å². The van der Waals surface area contributed by atoms with Crippen LogP contribution in [-0.2, 0) is 13.8 Å². The highest BCUT2D eigenvalue weighted by Gasteiger charge is 2.21. The van der Waals surface area contributed by atoms with Gasteiger partial charge in [-0.3, -0.25) is 0 Å². The molecule has 0 spiro atoms. The average molecular weight is 297 g/mol. The molecule has 0 aliphatic carbocycles. The fourth-order valence-electron chi connectivity index (χ4n) is 1.12. The van der Waals surface area contributed by atoms with Crippen LogP contribution in [0.25, 0.3) is 0 Å². The molecule has 1 rings (SSSR count). The van der Waals surface area contributed by atoms with Crippen LogP contribution in [0.1, 0.15) is 28.4 Å². The van der Waals surface area contributed by atoms with E-state index in [2.05, 4.69) is 0 Å². The van der Waals surface area contributed by atoms with Crippen LogP contribution in [0.3, 0.4) is 0 Å². The predicted octanol–water partition coefficient (Wildman–Crippen LogP) is 2.80. The molecule has 1 aromatic rings. The van der Waals surface area contributed by atoms with E-state index in [9.17, 15) is 13.2 Å². The van der Waals surface area contributed by atoms with Crippen LogP contribution in [0, 0.1) is 12.8 Å². The first-order chi connectivity index (χ1) is 7.71. The molecule has 0 aromatic carbocycles. The van der Waals surface area contributed by atoms with Gasteiger partial charge in [-0.25, -0.2) is 13.2 Å². The summed E-state index contributed by atoms with van der Waals surface area (Å²) >= 11 is 1.06. The first-order valence-corrected chi connectivity index (χ1v) is 8.06. The molecule has 0 N–H and O–H groups in total. The lowest BCUT2D eigenvalue weighted by molar-refractivity contribution is 0.0464. The van der Waals surface area contributed by atoms with Crippen LogP contribution in [0.5, 0.6) is 0 Å². The molecule has 0 radical (unpaired) electrons. The third-order valence-corrected chi connectivity index (χ3v) is 4.49. The maximum atomic E-state index is 11.6. The average Bonchev–Trinajstić information content (AvgIpc) is 2.56. The minimum atomic E-state index is -3.80. The Morgan fingerprint density at radius 1 is 1.53 bits per heavy atom. The maximum Gasteiger partial charge on any atom is 0.348 e. The lowest BCUT2D eigenvalue weighted by Crippen LogP contribution is -2.08. The number of aryl methyl sites for hydroxylation is 1. The molecule has 1 aromatic heterocycles. The largest absolute Gasteiger partial charge is 0.461 e. The van der Waals surface area contributed by atoms with Crippen LogP contribution in [0.15, 0.2) is 11.0 Å². The van der Waals surface area contributed by atoms with Gasteiger partial charge in [-0.1, -0.05) is 13.8 Å². The lowest BCUT2D eigenvalue weighted by Gasteiger charge is -2.04. The number of carbonyl (C=O) groups is 1. The summed E-state index contributed by atoms with van der Waals surface area (Å²) in [5, 5.41) is 0. The number of esters is 1. The van der Waals surface area contributed by atoms with Gasteiger partial charge in [0.05, 0.1) is 11.5 Å². The molecular weight excluding hydrogens is 284 g/mol. The van der Waals surface area contributed by atoms with E-state index in [1.165, 1.54) is 6.07 Å². The maximum absolute atomic E-state index is 11.6. The van der Waals surface area contributed by atoms with Crippen LogP contribution in [0.2, 0.25) is 0 Å². The third kappa shape index (κ3) is 3.97. The summed E-state index contributed by atoms with van der Waals surface area (Å²) in [7, 11) is 1.43. The molecule has 1 heterocycles. The molecule has 0 saturated carbocycles. The molecule has 0 atom stereocenters. The van der Waals surface area contributed by atoms with Gasteiger partial charge in [0.15, 0.2) is 0 Å². The zero-order valence-electron chi connectivity index (χ0n) is 9.69. The normalized spacial score (nSPS) is 11.8. The van der Waals surface area contributed by atoms with Gasteiger partial charge in [0.1, 0.15) is 4.88 Å². The van der Waals surface area contributed by atoms with Gasteiger partial charge in [0.25, 0.3) is 9.05 Å². The van der Waals surface area contributed by atoms with Crippen LogP contribution in [-0.4, -0.2) is 21.0 Å². The quantitative estimate of drug-likeness (QED) is 0.633. The molecule has 0 saturated heterocycles. The minimum Gasteiger partial charge on any atom is -0.461 e. The molecule has 0 fully saturated rings. The Labute approximate surface area is 109 Å². The number of hydrogen-bond donors (Lipinski definition) is 0. The Balaban J connectivity index is 2.91. The van der Waals surface area contributed by atoms with Gasteiger partial charge in [-0.15, -0.1) is 11.3 Å². The molecule has 4 nitrogen and oxygen atoms in total. The summed E-state index contributed by atoms with van der Waals surface area (Å²) in [6, 6.07) is 1.25. The number of hydrogen-bond acceptors (Lipinski definition) is 5. The van der Waals surface area contributed by atoms with E-state index in [0.717, 1.165) is 11.3 Å². The number of ether oxygens (including phenoxy) is 1. The molecular formula is C10H13ClO4S2. The van der Waals surface area contributed by atoms with Gasteiger partial charge in [-0.2, -0.15) is 0 Å². The molecule has 96 valence electrons. The highest BCUT2D eigenvalue weighted by atomic mass is 35.7. The van der Waals surface area contributed by atoms with E-state index in [4.69, 9.17) is 15.4 Å². The number of rotatable bonds is 4. The van der Waals surface area contributed by atoms with Gasteiger partial charge >= 0.3 is 5.97 Å². The summed E-state index contributed by atoms with van der Waals surface area (Å²) in [6.07, 6.45) is 0. The van der Waals surface area contributed by atoms with Gasteiger partial charge in [0, 0.05) is 15.6 Å². The van der Waals surface area contributed by atoms with Crippen LogP contribution in [0.4, 0.5) is 0 Å². The van der Waals surface area contributed by atoms with Crippen LogP contribution >= 0.6 is 22.0 Å². The summed E-state index contributed by atoms with van der Waals surface area (Å²) < 4.78 is 27.4. The Hall–Kier alpha value is -0.590. The number of carbonyl (C=O) groups excluding carboxylic acids is 1. The second-order valence-corrected chi connectivity index (χ2v) is 7.75. The standard InChI is InChI=1S/C10H13ClO4S2/c1-6(2)5-15-10(12)8-4-9(7(3)16-8)17(11,13)14/h4,6H,5H2,1-3H3. The van der Waals surface area contributed by atoms with Crippen molar-refractivity contribution < 1.29 is 17.9 Å². The van der Waals surface area contributed by atoms with E-state index < -0.39 is 15.0 Å². The Morgan fingerprint density at radius 2 is 2.12 bits per heavy atom. The van der Waals surface area contributed by atoms with Gasteiger partial charge in [0.2, 0.25) is 0 Å². The van der Waals surface area contributed by atoms with Crippen molar-refractivity contribution in [2.75, 3.05) is 6.61 Å². The lowest BCUT2D eigenvalue weighted by atomic mass is 10.2. The van der Waals surface area contributed by atoms with E-state index in [1.54, 1.807) is 6.92 Å². The second-order valence-electron chi connectivity index (χ2n) is 3.96. The van der Waals surface area contributed by atoms with Crippen molar-refractivity contribution in [1.29, 1.82) is 0 Å². The molecule has 0 aliphatic rings. The zero-order valence-corrected chi connectivity index (χ0v) is 12.1. The van der Waals surface area contributed by atoms with Crippen LogP contribution < -0.4 is 0 Å². The van der Waals surface area contributed by atoms with Crippen molar-refractivity contribution in [1.82, 2.24) is 0 Å². The molecule has 0 unspecified atom stereocenters. The molecule has 0 aliphatic heterocycles. The summed E-state index contributed by atoms with van der Waals surface area (Å²) in [4.78, 5) is 12.3. The zero-order chi connectivity index (χ0) is 13.2. The summed E-state index contributed by atoms with van der Waals surface area (Å²) in [5.41, 5.74) is 0. The fourth-order valence-corrected chi connectivity index (χ4v) is 3.68. The van der Waals surface area contributed by atoms with Crippen molar-refractivity contribution in [2.45, 2.75) is 25.7 Å². The van der Waals surface area contributed by atoms with Crippen molar-refractivity contribution in [2.24, 2.45) is 5.92 Å². The smallest absolute Gasteiger partial charge is 0.348 e. The molecule has 17 heavy (non-hydrogen) atoms. The monoisotopic (exact) mass is 296 g/mol. The predicted molar refractivity (Wildman–Crippen MR) is 67.2 cm³/mol. The van der Waals surface area contributed by atoms with E-state index in [0.29, 0.717) is 11.5 Å². The molecule has 0 amide bonds. The second kappa shape index (κ2) is 5.37. The number of halogens is 1. The van der Waals surface area contributed by atoms with Gasteiger partial charge < -0.3 is 4.74 Å². The number of thiophene rings is 1. The summed E-state index contributed by atoms with van der Waals surface area (Å²) in [5.74, 6) is -0.283. The Kier molecular flexibility index (Phi) is 4.57. The topological polar surface area (TPSA) is 60.4 Å². The Bertz CT molecular complexity index is 516.